The maximum atomic E-state index is 13.7. The Morgan fingerprint density at radius 2 is 2.21 bits per heavy atom. The van der Waals surface area contributed by atoms with Crippen molar-refractivity contribution in [3.05, 3.63) is 29.6 Å². The summed E-state index contributed by atoms with van der Waals surface area (Å²) in [4.78, 5) is 2.31. The van der Waals surface area contributed by atoms with Gasteiger partial charge in [-0.2, -0.15) is 0 Å². The van der Waals surface area contributed by atoms with Crippen molar-refractivity contribution in [1.29, 1.82) is 0 Å². The number of rotatable bonds is 8. The first-order valence-electron chi connectivity index (χ1n) is 6.05. The minimum Gasteiger partial charge on any atom is -0.389 e. The van der Waals surface area contributed by atoms with Crippen molar-refractivity contribution in [3.8, 4) is 0 Å². The molecule has 0 radical (unpaired) electrons. The topological polar surface area (TPSA) is 50.5 Å². The van der Waals surface area contributed by atoms with Gasteiger partial charge in [-0.05, 0) is 25.2 Å². The zero-order valence-corrected chi connectivity index (χ0v) is 12.1. The number of hydrogen-bond acceptors (Lipinski definition) is 4. The Morgan fingerprint density at radius 1 is 1.47 bits per heavy atom. The highest BCUT2D eigenvalue weighted by molar-refractivity contribution is 7.80. The average molecular weight is 285 g/mol. The first-order chi connectivity index (χ1) is 9.04. The standard InChI is InChI=1S/C13H20FN3OS/c1-17(7-8-18-2)6-5-16-12-4-3-10(13(15)19)9-11(12)14/h3-4,9,16H,5-8H2,1-2H3,(H2,15,19). The minimum absolute atomic E-state index is 0.199. The van der Waals surface area contributed by atoms with Crippen LogP contribution in [0.1, 0.15) is 5.56 Å². The zero-order valence-electron chi connectivity index (χ0n) is 11.3. The summed E-state index contributed by atoms with van der Waals surface area (Å²) >= 11 is 4.80. The monoisotopic (exact) mass is 285 g/mol. The fourth-order valence-corrected chi connectivity index (χ4v) is 1.68. The number of ether oxygens (including phenoxy) is 1. The molecule has 1 aromatic rings. The molecule has 4 nitrogen and oxygen atoms in total. The van der Waals surface area contributed by atoms with E-state index >= 15 is 0 Å². The van der Waals surface area contributed by atoms with Crippen LogP contribution in [0.4, 0.5) is 10.1 Å². The highest BCUT2D eigenvalue weighted by atomic mass is 32.1. The Labute approximate surface area is 118 Å². The lowest BCUT2D eigenvalue weighted by Crippen LogP contribution is -2.28. The Hall–Kier alpha value is -1.24. The largest absolute Gasteiger partial charge is 0.389 e. The molecule has 0 unspecified atom stereocenters. The predicted octanol–water partition coefficient (Wildman–Crippen LogP) is 1.45. The zero-order chi connectivity index (χ0) is 14.3. The Kier molecular flexibility index (Phi) is 6.69. The van der Waals surface area contributed by atoms with Gasteiger partial charge in [-0.1, -0.05) is 12.2 Å². The molecule has 19 heavy (non-hydrogen) atoms. The van der Waals surface area contributed by atoms with Crippen LogP contribution in [-0.4, -0.2) is 50.3 Å². The molecule has 0 aliphatic heterocycles. The second kappa shape index (κ2) is 8.04. The number of benzene rings is 1. The maximum absolute atomic E-state index is 13.7. The Bertz CT molecular complexity index is 428. The van der Waals surface area contributed by atoms with Crippen molar-refractivity contribution in [2.75, 3.05) is 45.7 Å². The molecular weight excluding hydrogens is 265 g/mol. The SMILES string of the molecule is COCCN(C)CCNc1ccc(C(N)=S)cc1F. The highest BCUT2D eigenvalue weighted by Crippen LogP contribution is 2.15. The molecule has 3 N–H and O–H groups in total. The first kappa shape index (κ1) is 15.8. The molecule has 1 rings (SSSR count). The lowest BCUT2D eigenvalue weighted by Gasteiger charge is -2.17. The number of likely N-dealkylation sites (N-methyl/N-ethyl adjacent to an activating group) is 1. The molecule has 0 amide bonds. The average Bonchev–Trinajstić information content (AvgIpc) is 2.38. The van der Waals surface area contributed by atoms with Gasteiger partial charge in [0.1, 0.15) is 10.8 Å². The van der Waals surface area contributed by atoms with Crippen LogP contribution >= 0.6 is 12.2 Å². The predicted molar refractivity (Wildman–Crippen MR) is 80.2 cm³/mol. The van der Waals surface area contributed by atoms with Gasteiger partial charge in [-0.3, -0.25) is 0 Å². The van der Waals surface area contributed by atoms with Crippen molar-refractivity contribution >= 4 is 22.9 Å². The van der Waals surface area contributed by atoms with E-state index < -0.39 is 0 Å². The molecule has 0 heterocycles. The van der Waals surface area contributed by atoms with E-state index in [9.17, 15) is 4.39 Å². The smallest absolute Gasteiger partial charge is 0.146 e. The third-order valence-corrected chi connectivity index (χ3v) is 2.98. The summed E-state index contributed by atoms with van der Waals surface area (Å²) in [5.41, 5.74) is 6.44. The van der Waals surface area contributed by atoms with E-state index in [1.54, 1.807) is 19.2 Å². The van der Waals surface area contributed by atoms with Gasteiger partial charge in [0.15, 0.2) is 0 Å². The van der Waals surface area contributed by atoms with Crippen LogP contribution < -0.4 is 11.1 Å². The van der Waals surface area contributed by atoms with Gasteiger partial charge >= 0.3 is 0 Å². The molecule has 1 aromatic carbocycles. The lowest BCUT2D eigenvalue weighted by molar-refractivity contribution is 0.163. The van der Waals surface area contributed by atoms with Gasteiger partial charge in [-0.25, -0.2) is 4.39 Å². The molecule has 0 fully saturated rings. The molecule has 0 aromatic heterocycles. The quantitative estimate of drug-likeness (QED) is 0.708. The summed E-state index contributed by atoms with van der Waals surface area (Å²) in [6.07, 6.45) is 0. The maximum Gasteiger partial charge on any atom is 0.146 e. The second-order valence-corrected chi connectivity index (χ2v) is 4.72. The summed E-state index contributed by atoms with van der Waals surface area (Å²) in [5.74, 6) is -0.343. The van der Waals surface area contributed by atoms with Crippen LogP contribution in [0.5, 0.6) is 0 Å². The van der Waals surface area contributed by atoms with Gasteiger partial charge in [0.2, 0.25) is 0 Å². The van der Waals surface area contributed by atoms with E-state index in [2.05, 4.69) is 10.2 Å². The van der Waals surface area contributed by atoms with E-state index in [1.165, 1.54) is 6.07 Å². The van der Waals surface area contributed by atoms with Crippen molar-refractivity contribution < 1.29 is 9.13 Å². The number of halogens is 1. The van der Waals surface area contributed by atoms with Gasteiger partial charge in [-0.15, -0.1) is 0 Å². The van der Waals surface area contributed by atoms with Gasteiger partial charge in [0.25, 0.3) is 0 Å². The van der Waals surface area contributed by atoms with Crippen molar-refractivity contribution in [2.24, 2.45) is 5.73 Å². The van der Waals surface area contributed by atoms with Crippen molar-refractivity contribution in [3.63, 3.8) is 0 Å². The molecule has 0 saturated carbocycles. The number of hydrogen-bond donors (Lipinski definition) is 2. The molecule has 0 atom stereocenters. The van der Waals surface area contributed by atoms with E-state index in [4.69, 9.17) is 22.7 Å². The number of anilines is 1. The molecular formula is C13H20FN3OS. The summed E-state index contributed by atoms with van der Waals surface area (Å²) in [6, 6.07) is 4.71. The van der Waals surface area contributed by atoms with Gasteiger partial charge in [0.05, 0.1) is 12.3 Å². The van der Waals surface area contributed by atoms with Gasteiger partial charge in [0, 0.05) is 32.3 Å². The summed E-state index contributed by atoms with van der Waals surface area (Å²) < 4.78 is 18.7. The number of methoxy groups -OCH3 is 1. The van der Waals surface area contributed by atoms with Crippen LogP contribution in [0.2, 0.25) is 0 Å². The Balaban J connectivity index is 2.43. The molecule has 0 saturated heterocycles. The third-order valence-electron chi connectivity index (χ3n) is 2.74. The van der Waals surface area contributed by atoms with Crippen LogP contribution in [0.15, 0.2) is 18.2 Å². The van der Waals surface area contributed by atoms with Crippen LogP contribution in [0.3, 0.4) is 0 Å². The lowest BCUT2D eigenvalue weighted by atomic mass is 10.2. The van der Waals surface area contributed by atoms with Crippen molar-refractivity contribution in [2.45, 2.75) is 0 Å². The summed E-state index contributed by atoms with van der Waals surface area (Å²) in [6.45, 7) is 3.00. The van der Waals surface area contributed by atoms with Crippen LogP contribution in [-0.2, 0) is 4.74 Å². The van der Waals surface area contributed by atoms with E-state index in [0.29, 0.717) is 24.4 Å². The van der Waals surface area contributed by atoms with Crippen molar-refractivity contribution in [1.82, 2.24) is 4.90 Å². The third kappa shape index (κ3) is 5.50. The summed E-state index contributed by atoms with van der Waals surface area (Å²) in [7, 11) is 3.66. The Morgan fingerprint density at radius 3 is 2.79 bits per heavy atom. The molecule has 0 aliphatic rings. The number of nitrogens with two attached hydrogens (primary N) is 1. The summed E-state index contributed by atoms with van der Waals surface area (Å²) in [5, 5.41) is 3.04. The second-order valence-electron chi connectivity index (χ2n) is 4.28. The first-order valence-corrected chi connectivity index (χ1v) is 6.46. The van der Waals surface area contributed by atoms with Crippen LogP contribution in [0.25, 0.3) is 0 Å². The molecule has 0 spiro atoms. The molecule has 6 heteroatoms. The number of nitrogens with zero attached hydrogens (tertiary/aromatic N) is 1. The van der Waals surface area contributed by atoms with Gasteiger partial charge < -0.3 is 20.7 Å². The van der Waals surface area contributed by atoms with E-state index in [0.717, 1.165) is 13.1 Å². The molecule has 0 bridgehead atoms. The van der Waals surface area contributed by atoms with E-state index in [1.807, 2.05) is 7.05 Å². The molecule has 0 aliphatic carbocycles. The highest BCUT2D eigenvalue weighted by Gasteiger charge is 2.05. The fourth-order valence-electron chi connectivity index (χ4n) is 1.55. The number of thiocarbonyl (C=S) groups is 1. The molecule has 106 valence electrons. The minimum atomic E-state index is -0.343. The van der Waals surface area contributed by atoms with Crippen LogP contribution in [0, 0.1) is 5.82 Å². The van der Waals surface area contributed by atoms with E-state index in [-0.39, 0.29) is 10.8 Å². The fraction of sp³-hybridized carbons (Fsp3) is 0.462. The number of nitrogens with one attached hydrogen (secondary N) is 1. The normalized spacial score (nSPS) is 10.7.